The zero-order valence-corrected chi connectivity index (χ0v) is 9.02. The molecule has 0 aliphatic carbocycles. The fraction of sp³-hybridized carbons (Fsp3) is 0.300. The molecule has 0 fully saturated rings. The summed E-state index contributed by atoms with van der Waals surface area (Å²) in [6.07, 6.45) is 0. The summed E-state index contributed by atoms with van der Waals surface area (Å²) >= 11 is 1.49. The van der Waals surface area contributed by atoms with Crippen molar-refractivity contribution in [3.63, 3.8) is 0 Å². The number of aryl methyl sites for hydroxylation is 1. The number of rotatable bonds is 2. The van der Waals surface area contributed by atoms with Gasteiger partial charge in [0.15, 0.2) is 5.13 Å². The van der Waals surface area contributed by atoms with Crippen molar-refractivity contribution >= 4 is 26.7 Å². The number of hydrogen-bond acceptors (Lipinski definition) is 4. The summed E-state index contributed by atoms with van der Waals surface area (Å²) in [4.78, 5) is 4.24. The molecule has 4 heteroatoms. The van der Waals surface area contributed by atoms with E-state index in [1.165, 1.54) is 16.9 Å². The topological polar surface area (TPSA) is 48.1 Å². The average molecular weight is 208 g/mol. The highest BCUT2D eigenvalue weighted by Gasteiger charge is 2.08. The van der Waals surface area contributed by atoms with Gasteiger partial charge >= 0.3 is 0 Å². The van der Waals surface area contributed by atoms with Crippen molar-refractivity contribution in [2.24, 2.45) is 0 Å². The van der Waals surface area contributed by atoms with Crippen molar-refractivity contribution in [3.8, 4) is 5.75 Å². The summed E-state index contributed by atoms with van der Waals surface area (Å²) in [5.74, 6) is 0.829. The maximum atomic E-state index is 5.66. The molecular weight excluding hydrogens is 196 g/mol. The summed E-state index contributed by atoms with van der Waals surface area (Å²) in [7, 11) is 0. The number of fused-ring (bicyclic) bond motifs is 1. The van der Waals surface area contributed by atoms with Crippen LogP contribution < -0.4 is 10.5 Å². The van der Waals surface area contributed by atoms with Crippen LogP contribution in [0.2, 0.25) is 0 Å². The second-order valence-electron chi connectivity index (χ2n) is 3.09. The molecular formula is C10H12N2OS. The van der Waals surface area contributed by atoms with Crippen LogP contribution in [0.15, 0.2) is 12.1 Å². The number of benzene rings is 1. The maximum absolute atomic E-state index is 5.66. The van der Waals surface area contributed by atoms with Gasteiger partial charge in [0.05, 0.1) is 11.3 Å². The predicted molar refractivity (Wildman–Crippen MR) is 59.9 cm³/mol. The third-order valence-corrected chi connectivity index (χ3v) is 2.75. The fourth-order valence-corrected chi connectivity index (χ4v) is 2.26. The van der Waals surface area contributed by atoms with Gasteiger partial charge in [-0.15, -0.1) is 0 Å². The Bertz CT molecular complexity index is 464. The van der Waals surface area contributed by atoms with Crippen LogP contribution in [0.1, 0.15) is 12.5 Å². The van der Waals surface area contributed by atoms with Crippen LogP contribution in [0.3, 0.4) is 0 Å². The Morgan fingerprint density at radius 3 is 3.00 bits per heavy atom. The van der Waals surface area contributed by atoms with Crippen LogP contribution in [-0.2, 0) is 0 Å². The zero-order chi connectivity index (χ0) is 10.1. The highest BCUT2D eigenvalue weighted by molar-refractivity contribution is 7.22. The van der Waals surface area contributed by atoms with E-state index in [1.54, 1.807) is 0 Å². The summed E-state index contributed by atoms with van der Waals surface area (Å²) in [6.45, 7) is 4.65. The van der Waals surface area contributed by atoms with E-state index in [1.807, 2.05) is 19.9 Å². The highest BCUT2D eigenvalue weighted by atomic mass is 32.1. The Morgan fingerprint density at radius 1 is 1.50 bits per heavy atom. The van der Waals surface area contributed by atoms with Crippen molar-refractivity contribution in [3.05, 3.63) is 17.7 Å². The lowest BCUT2D eigenvalue weighted by molar-refractivity contribution is 0.343. The number of hydrogen-bond donors (Lipinski definition) is 1. The lowest BCUT2D eigenvalue weighted by atomic mass is 10.2. The molecule has 0 saturated carbocycles. The minimum atomic E-state index is 0.589. The fourth-order valence-electron chi connectivity index (χ4n) is 1.41. The molecule has 2 rings (SSSR count). The molecule has 0 amide bonds. The van der Waals surface area contributed by atoms with E-state index in [0.717, 1.165) is 16.0 Å². The molecule has 0 radical (unpaired) electrons. The first-order chi connectivity index (χ1) is 6.70. The Morgan fingerprint density at radius 2 is 2.29 bits per heavy atom. The van der Waals surface area contributed by atoms with E-state index >= 15 is 0 Å². The Balaban J connectivity index is 2.66. The summed E-state index contributed by atoms with van der Waals surface area (Å²) in [5, 5.41) is 0.589. The molecule has 3 nitrogen and oxygen atoms in total. The first kappa shape index (κ1) is 9.27. The minimum Gasteiger partial charge on any atom is -0.492 e. The van der Waals surface area contributed by atoms with Gasteiger partial charge in [0.2, 0.25) is 0 Å². The number of nitrogen functional groups attached to an aromatic ring is 1. The summed E-state index contributed by atoms with van der Waals surface area (Å²) < 4.78 is 6.59. The molecule has 0 spiro atoms. The molecule has 0 atom stereocenters. The number of ether oxygens (including phenoxy) is 1. The quantitative estimate of drug-likeness (QED) is 0.825. The van der Waals surface area contributed by atoms with Crippen LogP contribution in [0, 0.1) is 6.92 Å². The second-order valence-corrected chi connectivity index (χ2v) is 4.16. The normalized spacial score (nSPS) is 10.7. The van der Waals surface area contributed by atoms with E-state index in [9.17, 15) is 0 Å². The van der Waals surface area contributed by atoms with Gasteiger partial charge < -0.3 is 10.5 Å². The molecule has 1 heterocycles. The molecule has 2 N–H and O–H groups in total. The first-order valence-corrected chi connectivity index (χ1v) is 5.32. The van der Waals surface area contributed by atoms with E-state index in [4.69, 9.17) is 10.5 Å². The maximum Gasteiger partial charge on any atom is 0.181 e. The van der Waals surface area contributed by atoms with Gasteiger partial charge in [-0.3, -0.25) is 0 Å². The monoisotopic (exact) mass is 208 g/mol. The van der Waals surface area contributed by atoms with E-state index in [-0.39, 0.29) is 0 Å². The van der Waals surface area contributed by atoms with Gasteiger partial charge in [0.25, 0.3) is 0 Å². The van der Waals surface area contributed by atoms with Crippen LogP contribution in [-0.4, -0.2) is 11.6 Å². The zero-order valence-electron chi connectivity index (χ0n) is 8.20. The Hall–Kier alpha value is -1.29. The molecule has 1 aromatic carbocycles. The van der Waals surface area contributed by atoms with Gasteiger partial charge in [-0.05, 0) is 31.5 Å². The van der Waals surface area contributed by atoms with Crippen molar-refractivity contribution in [1.82, 2.24) is 4.98 Å². The standard InChI is InChI=1S/C10H12N2OS/c1-3-13-7-4-6(2)5-8-9(7)12-10(11)14-8/h4-5H,3H2,1-2H3,(H2,11,12). The number of aromatic nitrogens is 1. The van der Waals surface area contributed by atoms with Crippen molar-refractivity contribution < 1.29 is 4.74 Å². The molecule has 74 valence electrons. The third kappa shape index (κ3) is 1.53. The van der Waals surface area contributed by atoms with Gasteiger partial charge in [0, 0.05) is 0 Å². The van der Waals surface area contributed by atoms with Gasteiger partial charge in [-0.2, -0.15) is 0 Å². The third-order valence-electron chi connectivity index (χ3n) is 1.92. The molecule has 0 bridgehead atoms. The van der Waals surface area contributed by atoms with Crippen LogP contribution in [0.25, 0.3) is 10.2 Å². The molecule has 0 aliphatic rings. The molecule has 2 aromatic rings. The van der Waals surface area contributed by atoms with Gasteiger partial charge in [0.1, 0.15) is 11.3 Å². The van der Waals surface area contributed by atoms with Gasteiger partial charge in [-0.1, -0.05) is 11.3 Å². The smallest absolute Gasteiger partial charge is 0.181 e. The van der Waals surface area contributed by atoms with Crippen LogP contribution >= 0.6 is 11.3 Å². The van der Waals surface area contributed by atoms with Crippen LogP contribution in [0.5, 0.6) is 5.75 Å². The van der Waals surface area contributed by atoms with Crippen molar-refractivity contribution in [2.45, 2.75) is 13.8 Å². The Labute approximate surface area is 86.5 Å². The van der Waals surface area contributed by atoms with E-state index in [2.05, 4.69) is 11.1 Å². The highest BCUT2D eigenvalue weighted by Crippen LogP contribution is 2.32. The lowest BCUT2D eigenvalue weighted by Gasteiger charge is -2.04. The number of nitrogens with two attached hydrogens (primary N) is 1. The van der Waals surface area contributed by atoms with Gasteiger partial charge in [-0.25, -0.2) is 4.98 Å². The molecule has 14 heavy (non-hydrogen) atoms. The number of thiazole rings is 1. The van der Waals surface area contributed by atoms with Crippen molar-refractivity contribution in [1.29, 1.82) is 0 Å². The largest absolute Gasteiger partial charge is 0.492 e. The molecule has 0 saturated heterocycles. The molecule has 0 unspecified atom stereocenters. The molecule has 1 aromatic heterocycles. The van der Waals surface area contributed by atoms with E-state index in [0.29, 0.717) is 11.7 Å². The summed E-state index contributed by atoms with van der Waals surface area (Å²) in [5.41, 5.74) is 7.70. The Kier molecular flexibility index (Phi) is 2.29. The number of nitrogens with zero attached hydrogens (tertiary/aromatic N) is 1. The lowest BCUT2D eigenvalue weighted by Crippen LogP contribution is -1.93. The minimum absolute atomic E-state index is 0.589. The van der Waals surface area contributed by atoms with Crippen LogP contribution in [0.4, 0.5) is 5.13 Å². The summed E-state index contributed by atoms with van der Waals surface area (Å²) in [6, 6.07) is 4.07. The average Bonchev–Trinajstić information content (AvgIpc) is 2.45. The second kappa shape index (κ2) is 3.46. The first-order valence-electron chi connectivity index (χ1n) is 4.50. The molecule has 0 aliphatic heterocycles. The predicted octanol–water partition coefficient (Wildman–Crippen LogP) is 2.59. The van der Waals surface area contributed by atoms with Crippen molar-refractivity contribution in [2.75, 3.05) is 12.3 Å². The SMILES string of the molecule is CCOc1cc(C)cc2sc(N)nc12. The number of anilines is 1. The van der Waals surface area contributed by atoms with E-state index < -0.39 is 0 Å².